The molecule has 0 amide bonds. The first-order valence-electron chi connectivity index (χ1n) is 6.75. The minimum absolute atomic E-state index is 0.269. The van der Waals surface area contributed by atoms with Crippen LogP contribution in [-0.4, -0.2) is 18.4 Å². The molecule has 0 fully saturated rings. The molecule has 0 aliphatic carbocycles. The maximum absolute atomic E-state index is 11.8. The molecule has 4 heteroatoms. The van der Waals surface area contributed by atoms with Crippen LogP contribution in [0.4, 0.5) is 0 Å². The Hall–Kier alpha value is -2.39. The lowest BCUT2D eigenvalue weighted by molar-refractivity contribution is -0.136. The minimum Gasteiger partial charge on any atom is -0.454 e. The fourth-order valence-corrected chi connectivity index (χ4v) is 1.96. The number of hydrogen-bond acceptors (Lipinski definition) is 3. The molecular weight excluding hydrogens is 300 g/mol. The molecule has 0 aromatic heterocycles. The first-order valence-corrected chi connectivity index (χ1v) is 7.13. The number of aryl methyl sites for hydroxylation is 1. The van der Waals surface area contributed by atoms with Gasteiger partial charge in [-0.2, -0.15) is 0 Å². The van der Waals surface area contributed by atoms with Crippen LogP contribution in [0, 0.1) is 6.92 Å². The Bertz CT molecular complexity index is 703. The quantitative estimate of drug-likeness (QED) is 0.474. The molecule has 0 atom stereocenters. The van der Waals surface area contributed by atoms with E-state index < -0.39 is 5.97 Å². The van der Waals surface area contributed by atoms with E-state index in [9.17, 15) is 9.59 Å². The van der Waals surface area contributed by atoms with E-state index in [4.69, 9.17) is 16.3 Å². The predicted octanol–water partition coefficient (Wildman–Crippen LogP) is 4.09. The molecule has 2 rings (SSSR count). The molecule has 2 aromatic carbocycles. The van der Waals surface area contributed by atoms with Crippen molar-refractivity contribution in [1.29, 1.82) is 0 Å². The monoisotopic (exact) mass is 314 g/mol. The maximum atomic E-state index is 11.8. The van der Waals surface area contributed by atoms with Crippen molar-refractivity contribution in [3.05, 3.63) is 76.3 Å². The van der Waals surface area contributed by atoms with Gasteiger partial charge in [-0.25, -0.2) is 4.79 Å². The smallest absolute Gasteiger partial charge is 0.331 e. The number of hydrogen-bond donors (Lipinski definition) is 0. The molecule has 0 heterocycles. The van der Waals surface area contributed by atoms with Crippen molar-refractivity contribution in [2.75, 3.05) is 6.61 Å². The van der Waals surface area contributed by atoms with Gasteiger partial charge in [0.2, 0.25) is 0 Å². The van der Waals surface area contributed by atoms with E-state index in [2.05, 4.69) is 0 Å². The molecule has 0 radical (unpaired) electrons. The van der Waals surface area contributed by atoms with Gasteiger partial charge in [0.25, 0.3) is 0 Å². The van der Waals surface area contributed by atoms with Crippen LogP contribution in [0.5, 0.6) is 0 Å². The third kappa shape index (κ3) is 4.57. The van der Waals surface area contributed by atoms with Crippen LogP contribution < -0.4 is 0 Å². The zero-order valence-electron chi connectivity index (χ0n) is 12.1. The molecule has 3 nitrogen and oxygen atoms in total. The average Bonchev–Trinajstić information content (AvgIpc) is 2.52. The summed E-state index contributed by atoms with van der Waals surface area (Å²) >= 11 is 5.75. The zero-order valence-corrected chi connectivity index (χ0v) is 12.8. The largest absolute Gasteiger partial charge is 0.454 e. The van der Waals surface area contributed by atoms with E-state index in [1.165, 1.54) is 6.08 Å². The third-order valence-corrected chi connectivity index (χ3v) is 3.35. The molecule has 0 aliphatic heterocycles. The molecule has 0 N–H and O–H groups in total. The highest BCUT2D eigenvalue weighted by Crippen LogP contribution is 2.11. The van der Waals surface area contributed by atoms with E-state index in [0.717, 1.165) is 11.1 Å². The van der Waals surface area contributed by atoms with Gasteiger partial charge in [0.05, 0.1) is 0 Å². The van der Waals surface area contributed by atoms with Crippen molar-refractivity contribution in [1.82, 2.24) is 0 Å². The summed E-state index contributed by atoms with van der Waals surface area (Å²) < 4.78 is 4.94. The number of benzene rings is 2. The predicted molar refractivity (Wildman–Crippen MR) is 87.0 cm³/mol. The second kappa shape index (κ2) is 7.57. The number of halogens is 1. The van der Waals surface area contributed by atoms with E-state index in [-0.39, 0.29) is 12.4 Å². The summed E-state index contributed by atoms with van der Waals surface area (Å²) in [6.07, 6.45) is 2.99. The number of esters is 1. The van der Waals surface area contributed by atoms with Crippen LogP contribution in [0.2, 0.25) is 5.02 Å². The molecule has 22 heavy (non-hydrogen) atoms. The van der Waals surface area contributed by atoms with Crippen LogP contribution in [-0.2, 0) is 9.53 Å². The first-order chi connectivity index (χ1) is 10.6. The van der Waals surface area contributed by atoms with Crippen LogP contribution in [0.1, 0.15) is 21.5 Å². The van der Waals surface area contributed by atoms with Gasteiger partial charge in [-0.3, -0.25) is 4.79 Å². The molecule has 0 unspecified atom stereocenters. The second-order valence-electron chi connectivity index (χ2n) is 4.73. The summed E-state index contributed by atoms with van der Waals surface area (Å²) in [5.41, 5.74) is 2.45. The highest BCUT2D eigenvalue weighted by atomic mass is 35.5. The van der Waals surface area contributed by atoms with E-state index in [0.29, 0.717) is 10.6 Å². The number of Topliss-reactive ketones (excluding diaryl/α,β-unsaturated/α-hetero) is 1. The van der Waals surface area contributed by atoms with E-state index in [1.807, 2.05) is 31.2 Å². The van der Waals surface area contributed by atoms with E-state index in [1.54, 1.807) is 30.3 Å². The zero-order chi connectivity index (χ0) is 15.9. The third-order valence-electron chi connectivity index (χ3n) is 3.10. The fourth-order valence-electron chi connectivity index (χ4n) is 1.84. The number of ether oxygens (including phenoxy) is 1. The summed E-state index contributed by atoms with van der Waals surface area (Å²) in [5.74, 6) is -0.820. The Kier molecular flexibility index (Phi) is 5.50. The van der Waals surface area contributed by atoms with Gasteiger partial charge in [-0.15, -0.1) is 0 Å². The molecule has 112 valence electrons. The average molecular weight is 315 g/mol. The van der Waals surface area contributed by atoms with Crippen LogP contribution in [0.25, 0.3) is 6.08 Å². The fraction of sp³-hybridized carbons (Fsp3) is 0.111. The normalized spacial score (nSPS) is 10.6. The molecule has 0 aliphatic rings. The van der Waals surface area contributed by atoms with Gasteiger partial charge in [0.15, 0.2) is 12.4 Å². The summed E-state index contributed by atoms with van der Waals surface area (Å²) in [6, 6.07) is 14.1. The van der Waals surface area contributed by atoms with Crippen molar-refractivity contribution >= 4 is 29.4 Å². The number of ketones is 1. The van der Waals surface area contributed by atoms with Crippen molar-refractivity contribution in [3.63, 3.8) is 0 Å². The Morgan fingerprint density at radius 1 is 1.09 bits per heavy atom. The van der Waals surface area contributed by atoms with Crippen LogP contribution in [0.15, 0.2) is 54.6 Å². The summed E-state index contributed by atoms with van der Waals surface area (Å²) in [7, 11) is 0. The van der Waals surface area contributed by atoms with Crippen molar-refractivity contribution in [3.8, 4) is 0 Å². The van der Waals surface area contributed by atoms with Gasteiger partial charge in [0, 0.05) is 16.7 Å². The number of carbonyl (C=O) groups is 2. The molecule has 0 saturated carbocycles. The van der Waals surface area contributed by atoms with Gasteiger partial charge in [0.1, 0.15) is 0 Å². The van der Waals surface area contributed by atoms with Crippen LogP contribution in [0.3, 0.4) is 0 Å². The Morgan fingerprint density at radius 3 is 2.45 bits per heavy atom. The Morgan fingerprint density at radius 2 is 1.77 bits per heavy atom. The Labute approximate surface area is 134 Å². The topological polar surface area (TPSA) is 43.4 Å². The second-order valence-corrected chi connectivity index (χ2v) is 5.16. The van der Waals surface area contributed by atoms with Gasteiger partial charge in [-0.1, -0.05) is 35.9 Å². The van der Waals surface area contributed by atoms with Crippen molar-refractivity contribution in [2.24, 2.45) is 0 Å². The molecule has 2 aromatic rings. The SMILES string of the molecule is Cc1ccccc1/C=C/C(=O)OCC(=O)c1ccc(Cl)cc1. The summed E-state index contributed by atoms with van der Waals surface area (Å²) in [6.45, 7) is 1.66. The molecule has 0 bridgehead atoms. The van der Waals surface area contributed by atoms with Gasteiger partial charge >= 0.3 is 5.97 Å². The van der Waals surface area contributed by atoms with E-state index >= 15 is 0 Å². The summed E-state index contributed by atoms with van der Waals surface area (Å²) in [4.78, 5) is 23.5. The lowest BCUT2D eigenvalue weighted by Crippen LogP contribution is -2.12. The molecular formula is C18H15ClO3. The highest BCUT2D eigenvalue weighted by Gasteiger charge is 2.08. The van der Waals surface area contributed by atoms with Crippen LogP contribution >= 0.6 is 11.6 Å². The number of rotatable bonds is 5. The van der Waals surface area contributed by atoms with Gasteiger partial charge in [-0.05, 0) is 48.4 Å². The number of carbonyl (C=O) groups excluding carboxylic acids is 2. The summed E-state index contributed by atoms with van der Waals surface area (Å²) in [5, 5.41) is 0.551. The maximum Gasteiger partial charge on any atom is 0.331 e. The molecule has 0 spiro atoms. The van der Waals surface area contributed by atoms with Gasteiger partial charge < -0.3 is 4.74 Å². The lowest BCUT2D eigenvalue weighted by Gasteiger charge is -2.02. The first kappa shape index (κ1) is 16.0. The van der Waals surface area contributed by atoms with Crippen molar-refractivity contribution in [2.45, 2.75) is 6.92 Å². The lowest BCUT2D eigenvalue weighted by atomic mass is 10.1. The highest BCUT2D eigenvalue weighted by molar-refractivity contribution is 6.30. The standard InChI is InChI=1S/C18H15ClO3/c1-13-4-2-3-5-14(13)8-11-18(21)22-12-17(20)15-6-9-16(19)10-7-15/h2-11H,12H2,1H3/b11-8+. The molecule has 0 saturated heterocycles. The Balaban J connectivity index is 1.89. The van der Waals surface area contributed by atoms with Crippen molar-refractivity contribution < 1.29 is 14.3 Å². The minimum atomic E-state index is -0.550.